The van der Waals surface area contributed by atoms with Crippen LogP contribution in [0.3, 0.4) is 0 Å². The fraction of sp³-hybridized carbons (Fsp3) is 0.381. The van der Waals surface area contributed by atoms with Crippen LogP contribution in [0.5, 0.6) is 0 Å². The van der Waals surface area contributed by atoms with Crippen molar-refractivity contribution >= 4 is 28.8 Å². The third-order valence-electron chi connectivity index (χ3n) is 5.77. The molecular formula is C21H23N7O3. The van der Waals surface area contributed by atoms with Gasteiger partial charge in [0.15, 0.2) is 11.5 Å². The number of anilines is 1. The number of fused-ring (bicyclic) bond motifs is 2. The van der Waals surface area contributed by atoms with E-state index in [1.807, 2.05) is 4.57 Å². The Kier molecular flexibility index (Phi) is 5.08. The smallest absolute Gasteiger partial charge is 0.261 e. The number of nitrogens with zero attached hydrogens (tertiary/aromatic N) is 5. The highest BCUT2D eigenvalue weighted by molar-refractivity contribution is 6.21. The molecule has 1 fully saturated rings. The molecule has 10 heteroatoms. The topological polar surface area (TPSA) is 128 Å². The Balaban J connectivity index is 1.08. The first kappa shape index (κ1) is 19.6. The molecule has 2 aliphatic rings. The number of carbonyl (C=O) groups excluding carboxylic acids is 2. The number of benzene rings is 1. The predicted octanol–water partition coefficient (Wildman–Crippen LogP) is 1.36. The van der Waals surface area contributed by atoms with Crippen molar-refractivity contribution in [1.29, 1.82) is 0 Å². The third kappa shape index (κ3) is 3.53. The van der Waals surface area contributed by atoms with Crippen molar-refractivity contribution in [3.05, 3.63) is 48.0 Å². The molecule has 0 bridgehead atoms. The van der Waals surface area contributed by atoms with E-state index < -0.39 is 0 Å². The maximum absolute atomic E-state index is 12.4. The average Bonchev–Trinajstić information content (AvgIpc) is 3.48. The van der Waals surface area contributed by atoms with E-state index in [1.165, 1.54) is 11.2 Å². The van der Waals surface area contributed by atoms with Gasteiger partial charge in [-0.2, -0.15) is 0 Å². The van der Waals surface area contributed by atoms with Gasteiger partial charge in [-0.3, -0.25) is 19.1 Å². The molecular weight excluding hydrogens is 398 g/mol. The lowest BCUT2D eigenvalue weighted by Gasteiger charge is -2.17. The van der Waals surface area contributed by atoms with Gasteiger partial charge in [0.2, 0.25) is 0 Å². The van der Waals surface area contributed by atoms with Gasteiger partial charge in [0.25, 0.3) is 11.8 Å². The Labute approximate surface area is 178 Å². The van der Waals surface area contributed by atoms with E-state index in [4.69, 9.17) is 10.5 Å². The first-order chi connectivity index (χ1) is 15.1. The number of ether oxygens (including phenoxy) is 1. The Morgan fingerprint density at radius 2 is 1.87 bits per heavy atom. The molecule has 2 aromatic heterocycles. The summed E-state index contributed by atoms with van der Waals surface area (Å²) in [6.07, 6.45) is 5.51. The van der Waals surface area contributed by atoms with Crippen molar-refractivity contribution in [1.82, 2.24) is 29.7 Å². The second kappa shape index (κ2) is 8.05. The highest BCUT2D eigenvalue weighted by Gasteiger charge is 2.34. The zero-order valence-electron chi connectivity index (χ0n) is 16.9. The summed E-state index contributed by atoms with van der Waals surface area (Å²) in [6.45, 7) is 1.79. The SMILES string of the molecule is Nc1ncnc2c1ncn2[C@H]1CC[C@@H](CNCCCN2C(=O)c3ccccc3C2=O)O1. The molecule has 0 radical (unpaired) electrons. The molecule has 0 unspecified atom stereocenters. The van der Waals surface area contributed by atoms with Gasteiger partial charge in [0, 0.05) is 13.1 Å². The van der Waals surface area contributed by atoms with Crippen LogP contribution in [0.25, 0.3) is 11.2 Å². The van der Waals surface area contributed by atoms with E-state index in [1.54, 1.807) is 30.6 Å². The van der Waals surface area contributed by atoms with E-state index in [0.29, 0.717) is 54.2 Å². The van der Waals surface area contributed by atoms with Crippen LogP contribution < -0.4 is 11.1 Å². The quantitative estimate of drug-likeness (QED) is 0.432. The van der Waals surface area contributed by atoms with Crippen LogP contribution in [0.4, 0.5) is 5.82 Å². The van der Waals surface area contributed by atoms with E-state index >= 15 is 0 Å². The van der Waals surface area contributed by atoms with Crippen LogP contribution in [-0.2, 0) is 4.74 Å². The molecule has 2 aliphatic heterocycles. The van der Waals surface area contributed by atoms with Gasteiger partial charge in [-0.15, -0.1) is 0 Å². The monoisotopic (exact) mass is 421 g/mol. The standard InChI is InChI=1S/C21H23N7O3/c22-18-17-19(25-11-24-18)28(12-26-17)16-7-6-13(31-16)10-23-8-3-9-27-20(29)14-4-1-2-5-15(14)21(27)30/h1-2,4-5,11-13,16,23H,3,6-10H2,(H2,22,24,25)/t13-,16+/m0/s1. The number of hydrogen-bond acceptors (Lipinski definition) is 8. The lowest BCUT2D eigenvalue weighted by molar-refractivity contribution is 0.00493. The molecule has 0 spiro atoms. The second-order valence-electron chi connectivity index (χ2n) is 7.74. The predicted molar refractivity (Wildman–Crippen MR) is 112 cm³/mol. The first-order valence-corrected chi connectivity index (χ1v) is 10.4. The van der Waals surface area contributed by atoms with Crippen LogP contribution in [0.15, 0.2) is 36.9 Å². The summed E-state index contributed by atoms with van der Waals surface area (Å²) in [7, 11) is 0. The second-order valence-corrected chi connectivity index (χ2v) is 7.74. The number of hydrogen-bond donors (Lipinski definition) is 2. The molecule has 2 atom stereocenters. The van der Waals surface area contributed by atoms with Gasteiger partial charge in [-0.05, 0) is 37.9 Å². The number of imide groups is 1. The molecule has 3 N–H and O–H groups in total. The molecule has 5 rings (SSSR count). The summed E-state index contributed by atoms with van der Waals surface area (Å²) in [5.41, 5.74) is 8.09. The fourth-order valence-electron chi connectivity index (χ4n) is 4.19. The summed E-state index contributed by atoms with van der Waals surface area (Å²) < 4.78 is 8.05. The Morgan fingerprint density at radius 3 is 2.65 bits per heavy atom. The normalized spacial score (nSPS) is 20.7. The largest absolute Gasteiger partial charge is 0.382 e. The lowest BCUT2D eigenvalue weighted by Crippen LogP contribution is -2.34. The molecule has 160 valence electrons. The molecule has 2 amide bonds. The third-order valence-corrected chi connectivity index (χ3v) is 5.77. The van der Waals surface area contributed by atoms with Crippen LogP contribution in [0.2, 0.25) is 0 Å². The van der Waals surface area contributed by atoms with Crippen molar-refractivity contribution in [2.24, 2.45) is 0 Å². The average molecular weight is 421 g/mol. The number of carbonyl (C=O) groups is 2. The summed E-state index contributed by atoms with van der Waals surface area (Å²) in [5, 5.41) is 3.37. The number of amides is 2. The zero-order chi connectivity index (χ0) is 21.4. The van der Waals surface area contributed by atoms with E-state index in [9.17, 15) is 9.59 Å². The molecule has 31 heavy (non-hydrogen) atoms. The van der Waals surface area contributed by atoms with Crippen LogP contribution in [0.1, 0.15) is 46.2 Å². The van der Waals surface area contributed by atoms with Gasteiger partial charge in [0.1, 0.15) is 18.1 Å². The zero-order valence-corrected chi connectivity index (χ0v) is 16.9. The van der Waals surface area contributed by atoms with Crippen molar-refractivity contribution in [2.75, 3.05) is 25.4 Å². The summed E-state index contributed by atoms with van der Waals surface area (Å²) in [6, 6.07) is 6.95. The molecule has 10 nitrogen and oxygen atoms in total. The summed E-state index contributed by atoms with van der Waals surface area (Å²) in [5.74, 6) is -0.0582. The number of rotatable bonds is 7. The molecule has 3 aromatic rings. The van der Waals surface area contributed by atoms with Crippen LogP contribution in [0, 0.1) is 0 Å². The Morgan fingerprint density at radius 1 is 1.10 bits per heavy atom. The molecule has 0 aliphatic carbocycles. The minimum Gasteiger partial charge on any atom is -0.382 e. The van der Waals surface area contributed by atoms with Crippen molar-refractivity contribution in [3.8, 4) is 0 Å². The van der Waals surface area contributed by atoms with Crippen LogP contribution in [-0.4, -0.2) is 62.0 Å². The Hall–Kier alpha value is -3.37. The highest BCUT2D eigenvalue weighted by atomic mass is 16.5. The fourth-order valence-corrected chi connectivity index (χ4v) is 4.19. The summed E-state index contributed by atoms with van der Waals surface area (Å²) >= 11 is 0. The van der Waals surface area contributed by atoms with Crippen molar-refractivity contribution < 1.29 is 14.3 Å². The van der Waals surface area contributed by atoms with Gasteiger partial charge < -0.3 is 15.8 Å². The van der Waals surface area contributed by atoms with E-state index in [2.05, 4.69) is 20.3 Å². The maximum Gasteiger partial charge on any atom is 0.261 e. The lowest BCUT2D eigenvalue weighted by atomic mass is 10.1. The van der Waals surface area contributed by atoms with Crippen molar-refractivity contribution in [3.63, 3.8) is 0 Å². The highest BCUT2D eigenvalue weighted by Crippen LogP contribution is 2.30. The van der Waals surface area contributed by atoms with Crippen molar-refractivity contribution in [2.45, 2.75) is 31.6 Å². The maximum atomic E-state index is 12.4. The minimum atomic E-state index is -0.209. The Bertz CT molecular complexity index is 1110. The van der Waals surface area contributed by atoms with Gasteiger partial charge in [-0.1, -0.05) is 12.1 Å². The molecule has 0 saturated carbocycles. The van der Waals surface area contributed by atoms with E-state index in [-0.39, 0.29) is 24.1 Å². The number of nitrogen functional groups attached to an aromatic ring is 1. The first-order valence-electron chi connectivity index (χ1n) is 10.4. The number of nitrogens with one attached hydrogen (secondary N) is 1. The molecule has 4 heterocycles. The van der Waals surface area contributed by atoms with Crippen LogP contribution >= 0.6 is 0 Å². The molecule has 1 saturated heterocycles. The molecule has 1 aromatic carbocycles. The summed E-state index contributed by atoms with van der Waals surface area (Å²) in [4.78, 5) is 38.6. The van der Waals surface area contributed by atoms with E-state index in [0.717, 1.165) is 12.8 Å². The minimum absolute atomic E-state index is 0.0703. The van der Waals surface area contributed by atoms with Gasteiger partial charge >= 0.3 is 0 Å². The number of nitrogens with two attached hydrogens (primary N) is 1. The van der Waals surface area contributed by atoms with Gasteiger partial charge in [-0.25, -0.2) is 15.0 Å². The van der Waals surface area contributed by atoms with Gasteiger partial charge in [0.05, 0.1) is 23.6 Å². The number of imidazole rings is 1. The number of aromatic nitrogens is 4.